The van der Waals surface area contributed by atoms with Gasteiger partial charge in [-0.3, -0.25) is 0 Å². The number of hydrogen-bond donors (Lipinski definition) is 2. The quantitative estimate of drug-likeness (QED) is 0.717. The number of fused-ring (bicyclic) bond motifs is 1. The van der Waals surface area contributed by atoms with Gasteiger partial charge in [0.05, 0.1) is 0 Å². The fraction of sp³-hybridized carbons (Fsp3) is 1.00. The summed E-state index contributed by atoms with van der Waals surface area (Å²) in [5.74, 6) is 1.91. The van der Waals surface area contributed by atoms with Crippen LogP contribution in [-0.4, -0.2) is 50.2 Å². The molecule has 0 bridgehead atoms. The summed E-state index contributed by atoms with van der Waals surface area (Å²) in [6, 6.07) is 0.793. The number of likely N-dealkylation sites (tertiary alicyclic amines) is 1. The minimum absolute atomic E-state index is 0. The molecule has 0 aromatic carbocycles. The molecule has 15 heavy (non-hydrogen) atoms. The third-order valence-electron chi connectivity index (χ3n) is 4.11. The van der Waals surface area contributed by atoms with Gasteiger partial charge in [0.25, 0.3) is 0 Å². The second-order valence-corrected chi connectivity index (χ2v) is 5.19. The van der Waals surface area contributed by atoms with Crippen LogP contribution in [0.25, 0.3) is 0 Å². The van der Waals surface area contributed by atoms with Crippen LogP contribution in [0.1, 0.15) is 12.8 Å². The van der Waals surface area contributed by atoms with E-state index in [9.17, 15) is 0 Å². The SMILES string of the molecule is C1CN[C@H](CN2C[C@H]3CNC[C@H]3C2)C1.Cl. The van der Waals surface area contributed by atoms with Crippen LogP contribution in [0.4, 0.5) is 0 Å². The van der Waals surface area contributed by atoms with Crippen molar-refractivity contribution in [3.63, 3.8) is 0 Å². The van der Waals surface area contributed by atoms with E-state index in [2.05, 4.69) is 15.5 Å². The molecular weight excluding hydrogens is 210 g/mol. The highest BCUT2D eigenvalue weighted by atomic mass is 35.5. The van der Waals surface area contributed by atoms with Crippen molar-refractivity contribution in [1.82, 2.24) is 15.5 Å². The maximum atomic E-state index is 3.59. The van der Waals surface area contributed by atoms with Gasteiger partial charge in [0.15, 0.2) is 0 Å². The molecule has 3 aliphatic rings. The number of halogens is 1. The molecule has 0 unspecified atom stereocenters. The average Bonchev–Trinajstić information content (AvgIpc) is 2.78. The van der Waals surface area contributed by atoms with Crippen LogP contribution in [-0.2, 0) is 0 Å². The van der Waals surface area contributed by atoms with E-state index in [1.54, 1.807) is 0 Å². The van der Waals surface area contributed by atoms with Gasteiger partial charge in [0.2, 0.25) is 0 Å². The molecule has 0 spiro atoms. The Kier molecular flexibility index (Phi) is 3.88. The van der Waals surface area contributed by atoms with Gasteiger partial charge < -0.3 is 15.5 Å². The summed E-state index contributed by atoms with van der Waals surface area (Å²) >= 11 is 0. The van der Waals surface area contributed by atoms with Crippen molar-refractivity contribution < 1.29 is 0 Å². The van der Waals surface area contributed by atoms with Crippen LogP contribution in [0, 0.1) is 11.8 Å². The smallest absolute Gasteiger partial charge is 0.0195 e. The Labute approximate surface area is 98.4 Å². The molecule has 3 nitrogen and oxygen atoms in total. The normalized spacial score (nSPS) is 40.4. The number of nitrogens with zero attached hydrogens (tertiary/aromatic N) is 1. The zero-order valence-corrected chi connectivity index (χ0v) is 10.1. The Morgan fingerprint density at radius 1 is 1.13 bits per heavy atom. The second kappa shape index (κ2) is 5.00. The lowest BCUT2D eigenvalue weighted by Gasteiger charge is -2.21. The monoisotopic (exact) mass is 231 g/mol. The van der Waals surface area contributed by atoms with Gasteiger partial charge >= 0.3 is 0 Å². The molecule has 88 valence electrons. The van der Waals surface area contributed by atoms with Crippen LogP contribution in [0.5, 0.6) is 0 Å². The minimum atomic E-state index is 0. The predicted molar refractivity (Wildman–Crippen MR) is 64.6 cm³/mol. The number of hydrogen-bond acceptors (Lipinski definition) is 3. The molecule has 3 aliphatic heterocycles. The summed E-state index contributed by atoms with van der Waals surface area (Å²) in [6.45, 7) is 7.75. The van der Waals surface area contributed by atoms with E-state index in [1.165, 1.54) is 52.1 Å². The largest absolute Gasteiger partial charge is 0.316 e. The summed E-state index contributed by atoms with van der Waals surface area (Å²) in [4.78, 5) is 2.68. The molecule has 0 radical (unpaired) electrons. The second-order valence-electron chi connectivity index (χ2n) is 5.19. The summed E-state index contributed by atoms with van der Waals surface area (Å²) < 4.78 is 0. The van der Waals surface area contributed by atoms with Crippen molar-refractivity contribution in [3.05, 3.63) is 0 Å². The van der Waals surface area contributed by atoms with E-state index in [0.717, 1.165) is 17.9 Å². The molecule has 0 saturated carbocycles. The van der Waals surface area contributed by atoms with Gasteiger partial charge in [-0.2, -0.15) is 0 Å². The fourth-order valence-electron chi connectivity index (χ4n) is 3.33. The van der Waals surface area contributed by atoms with Crippen molar-refractivity contribution in [1.29, 1.82) is 0 Å². The van der Waals surface area contributed by atoms with E-state index in [1.807, 2.05) is 0 Å². The lowest BCUT2D eigenvalue weighted by Crippen LogP contribution is -2.37. The standard InChI is InChI=1S/C11H21N3.ClH/c1-2-11(13-3-1)8-14-6-9-4-12-5-10(9)7-14;/h9-13H,1-8H2;1H/t9-,10+,11-;/m0./s1. The van der Waals surface area contributed by atoms with E-state index in [0.29, 0.717) is 0 Å². The molecule has 0 amide bonds. The molecule has 3 rings (SSSR count). The third kappa shape index (κ3) is 2.47. The highest BCUT2D eigenvalue weighted by Gasteiger charge is 2.36. The first kappa shape index (κ1) is 11.6. The zero-order valence-electron chi connectivity index (χ0n) is 9.24. The summed E-state index contributed by atoms with van der Waals surface area (Å²) in [7, 11) is 0. The van der Waals surface area contributed by atoms with Crippen LogP contribution in [0.15, 0.2) is 0 Å². The highest BCUT2D eigenvalue weighted by Crippen LogP contribution is 2.26. The van der Waals surface area contributed by atoms with Gasteiger partial charge in [-0.05, 0) is 44.3 Å². The maximum absolute atomic E-state index is 3.59. The maximum Gasteiger partial charge on any atom is 0.0195 e. The molecule has 3 fully saturated rings. The molecule has 0 aliphatic carbocycles. The molecule has 3 heterocycles. The molecular formula is C11H22ClN3. The van der Waals surface area contributed by atoms with E-state index in [4.69, 9.17) is 0 Å². The Bertz CT molecular complexity index is 194. The molecule has 4 heteroatoms. The van der Waals surface area contributed by atoms with E-state index in [-0.39, 0.29) is 12.4 Å². The van der Waals surface area contributed by atoms with Crippen LogP contribution in [0.3, 0.4) is 0 Å². The predicted octanol–water partition coefficient (Wildman–Crippen LogP) is 0.311. The van der Waals surface area contributed by atoms with Gasteiger partial charge in [-0.25, -0.2) is 0 Å². The van der Waals surface area contributed by atoms with Crippen LogP contribution < -0.4 is 10.6 Å². The fourth-order valence-corrected chi connectivity index (χ4v) is 3.33. The molecule has 2 N–H and O–H groups in total. The molecule has 0 aromatic rings. The van der Waals surface area contributed by atoms with E-state index < -0.39 is 0 Å². The van der Waals surface area contributed by atoms with Crippen molar-refractivity contribution in [2.75, 3.05) is 39.3 Å². The summed E-state index contributed by atoms with van der Waals surface area (Å²) in [5, 5.41) is 7.09. The van der Waals surface area contributed by atoms with Gasteiger partial charge in [0, 0.05) is 25.7 Å². The lowest BCUT2D eigenvalue weighted by molar-refractivity contribution is 0.283. The average molecular weight is 232 g/mol. The van der Waals surface area contributed by atoms with Gasteiger partial charge in [-0.15, -0.1) is 12.4 Å². The van der Waals surface area contributed by atoms with Crippen molar-refractivity contribution in [2.24, 2.45) is 11.8 Å². The Morgan fingerprint density at radius 2 is 1.87 bits per heavy atom. The Balaban J connectivity index is 0.000000853. The van der Waals surface area contributed by atoms with Crippen LogP contribution >= 0.6 is 12.4 Å². The van der Waals surface area contributed by atoms with Gasteiger partial charge in [-0.1, -0.05) is 0 Å². The van der Waals surface area contributed by atoms with Crippen molar-refractivity contribution >= 4 is 12.4 Å². The topological polar surface area (TPSA) is 27.3 Å². The highest BCUT2D eigenvalue weighted by molar-refractivity contribution is 5.85. The van der Waals surface area contributed by atoms with Crippen LogP contribution in [0.2, 0.25) is 0 Å². The lowest BCUT2D eigenvalue weighted by atomic mass is 10.0. The third-order valence-corrected chi connectivity index (χ3v) is 4.11. The molecule has 3 saturated heterocycles. The van der Waals surface area contributed by atoms with Crippen molar-refractivity contribution in [3.8, 4) is 0 Å². The van der Waals surface area contributed by atoms with E-state index >= 15 is 0 Å². The first-order valence-corrected chi connectivity index (χ1v) is 6.08. The van der Waals surface area contributed by atoms with Gasteiger partial charge in [0.1, 0.15) is 0 Å². The summed E-state index contributed by atoms with van der Waals surface area (Å²) in [5.41, 5.74) is 0. The minimum Gasteiger partial charge on any atom is -0.316 e. The van der Waals surface area contributed by atoms with Crippen molar-refractivity contribution in [2.45, 2.75) is 18.9 Å². The Hall–Kier alpha value is 0.170. The molecule has 3 atom stereocenters. The first-order chi connectivity index (χ1) is 6.92. The number of rotatable bonds is 2. The first-order valence-electron chi connectivity index (χ1n) is 6.08. The number of nitrogens with one attached hydrogen (secondary N) is 2. The molecule has 0 aromatic heterocycles. The zero-order chi connectivity index (χ0) is 9.38. The Morgan fingerprint density at radius 3 is 2.47 bits per heavy atom. The summed E-state index contributed by atoms with van der Waals surface area (Å²) in [6.07, 6.45) is 2.77.